The second kappa shape index (κ2) is 6.45. The summed E-state index contributed by atoms with van der Waals surface area (Å²) in [5.41, 5.74) is 2.45. The van der Waals surface area contributed by atoms with Crippen molar-refractivity contribution in [1.82, 2.24) is 0 Å². The van der Waals surface area contributed by atoms with E-state index in [0.717, 1.165) is 18.6 Å². The maximum atomic E-state index is 13.0. The summed E-state index contributed by atoms with van der Waals surface area (Å²) in [6.07, 6.45) is 2.45. The van der Waals surface area contributed by atoms with Gasteiger partial charge in [-0.25, -0.2) is 4.79 Å². The predicted molar refractivity (Wildman–Crippen MR) is 100.0 cm³/mol. The highest BCUT2D eigenvalue weighted by Gasteiger charge is 2.43. The summed E-state index contributed by atoms with van der Waals surface area (Å²) in [6.45, 7) is 2.03. The zero-order chi connectivity index (χ0) is 18.3. The molecule has 1 saturated carbocycles. The van der Waals surface area contributed by atoms with Crippen LogP contribution in [0, 0.1) is 0 Å². The molecule has 1 fully saturated rings. The standard InChI is InChI=1S/C22H20O4/c1-2-6-15-20(23)18-11-14(22(24)25)9-10-19(18)26-21(15)17-12-16(17)13-7-4-3-5-8-13/h3-5,7-11,16-17H,2,6,12H2,1H3,(H,24,25)/t16-,17+/m0/s1. The van der Waals surface area contributed by atoms with E-state index < -0.39 is 5.97 Å². The Hall–Kier alpha value is -2.88. The first-order valence-corrected chi connectivity index (χ1v) is 8.98. The molecule has 0 saturated heterocycles. The van der Waals surface area contributed by atoms with Crippen molar-refractivity contribution in [2.24, 2.45) is 0 Å². The summed E-state index contributed by atoms with van der Waals surface area (Å²) in [7, 11) is 0. The van der Waals surface area contributed by atoms with Gasteiger partial charge in [-0.1, -0.05) is 43.7 Å². The van der Waals surface area contributed by atoms with Crippen molar-refractivity contribution in [1.29, 1.82) is 0 Å². The number of benzene rings is 2. The first kappa shape index (κ1) is 16.6. The van der Waals surface area contributed by atoms with Gasteiger partial charge in [0.15, 0.2) is 5.43 Å². The van der Waals surface area contributed by atoms with Gasteiger partial charge in [-0.05, 0) is 42.5 Å². The van der Waals surface area contributed by atoms with Crippen LogP contribution >= 0.6 is 0 Å². The Bertz CT molecular complexity index is 1030. The molecule has 4 nitrogen and oxygen atoms in total. The Balaban J connectivity index is 1.82. The average Bonchev–Trinajstić information content (AvgIpc) is 3.45. The average molecular weight is 348 g/mol. The van der Waals surface area contributed by atoms with Crippen LogP contribution in [-0.4, -0.2) is 11.1 Å². The van der Waals surface area contributed by atoms with E-state index in [1.807, 2.05) is 25.1 Å². The molecule has 4 heteroatoms. The summed E-state index contributed by atoms with van der Waals surface area (Å²) in [6, 6.07) is 14.8. The van der Waals surface area contributed by atoms with E-state index in [9.17, 15) is 14.7 Å². The van der Waals surface area contributed by atoms with E-state index in [-0.39, 0.29) is 16.9 Å². The number of aromatic carboxylic acids is 1. The Morgan fingerprint density at radius 2 is 1.92 bits per heavy atom. The molecule has 4 rings (SSSR count). The molecular weight excluding hydrogens is 328 g/mol. The fourth-order valence-electron chi connectivity index (χ4n) is 3.72. The lowest BCUT2D eigenvalue weighted by molar-refractivity contribution is 0.0697. The molecule has 0 unspecified atom stereocenters. The maximum absolute atomic E-state index is 13.0. The first-order valence-electron chi connectivity index (χ1n) is 8.98. The second-order valence-corrected chi connectivity index (χ2v) is 6.90. The van der Waals surface area contributed by atoms with E-state index >= 15 is 0 Å². The number of fused-ring (bicyclic) bond motifs is 1. The molecule has 26 heavy (non-hydrogen) atoms. The normalized spacial score (nSPS) is 18.8. The molecule has 0 radical (unpaired) electrons. The van der Waals surface area contributed by atoms with Gasteiger partial charge in [-0.2, -0.15) is 0 Å². The molecule has 2 atom stereocenters. The van der Waals surface area contributed by atoms with Gasteiger partial charge >= 0.3 is 5.97 Å². The minimum atomic E-state index is -1.04. The van der Waals surface area contributed by atoms with E-state index in [2.05, 4.69) is 12.1 Å². The topological polar surface area (TPSA) is 67.5 Å². The van der Waals surface area contributed by atoms with Crippen molar-refractivity contribution in [3.8, 4) is 0 Å². The third-order valence-corrected chi connectivity index (χ3v) is 5.12. The number of hydrogen-bond acceptors (Lipinski definition) is 3. The molecule has 3 aromatic rings. The molecule has 1 aromatic heterocycles. The lowest BCUT2D eigenvalue weighted by Crippen LogP contribution is -2.13. The van der Waals surface area contributed by atoms with Crippen LogP contribution in [0.3, 0.4) is 0 Å². The SMILES string of the molecule is CCCc1c([C@@H]2C[C@H]2c2ccccc2)oc2ccc(C(=O)O)cc2c1=O. The van der Waals surface area contributed by atoms with Gasteiger partial charge in [0.1, 0.15) is 11.3 Å². The van der Waals surface area contributed by atoms with E-state index in [1.165, 1.54) is 17.7 Å². The lowest BCUT2D eigenvalue weighted by Gasteiger charge is -2.10. The van der Waals surface area contributed by atoms with Crippen LogP contribution in [0.4, 0.5) is 0 Å². The summed E-state index contributed by atoms with van der Waals surface area (Å²) in [4.78, 5) is 24.3. The van der Waals surface area contributed by atoms with Crippen molar-refractivity contribution in [2.75, 3.05) is 0 Å². The Kier molecular flexibility index (Phi) is 4.11. The van der Waals surface area contributed by atoms with Crippen molar-refractivity contribution in [3.63, 3.8) is 0 Å². The molecule has 1 aliphatic rings. The van der Waals surface area contributed by atoms with Crippen LogP contribution in [0.1, 0.15) is 58.8 Å². The van der Waals surface area contributed by atoms with Crippen LogP contribution in [-0.2, 0) is 6.42 Å². The first-order chi connectivity index (χ1) is 12.6. The number of carbonyl (C=O) groups is 1. The molecular formula is C22H20O4. The van der Waals surface area contributed by atoms with Gasteiger partial charge in [0.2, 0.25) is 0 Å². The Labute approximate surface area is 151 Å². The van der Waals surface area contributed by atoms with Crippen molar-refractivity contribution < 1.29 is 14.3 Å². The van der Waals surface area contributed by atoms with Gasteiger partial charge in [-0.3, -0.25) is 4.79 Å². The predicted octanol–water partition coefficient (Wildman–Crippen LogP) is 4.71. The van der Waals surface area contributed by atoms with E-state index in [1.54, 1.807) is 6.07 Å². The van der Waals surface area contributed by atoms with Gasteiger partial charge < -0.3 is 9.52 Å². The van der Waals surface area contributed by atoms with Crippen LogP contribution in [0.15, 0.2) is 57.7 Å². The second-order valence-electron chi connectivity index (χ2n) is 6.90. The number of hydrogen-bond donors (Lipinski definition) is 1. The largest absolute Gasteiger partial charge is 0.478 e. The van der Waals surface area contributed by atoms with Crippen LogP contribution in [0.25, 0.3) is 11.0 Å². The molecule has 0 spiro atoms. The van der Waals surface area contributed by atoms with Gasteiger partial charge in [0.05, 0.1) is 10.9 Å². The molecule has 1 heterocycles. The highest BCUT2D eigenvalue weighted by atomic mass is 16.4. The molecule has 1 aliphatic carbocycles. The van der Waals surface area contributed by atoms with Crippen molar-refractivity contribution in [3.05, 3.63) is 81.2 Å². The quantitative estimate of drug-likeness (QED) is 0.725. The lowest BCUT2D eigenvalue weighted by atomic mass is 10.0. The third kappa shape index (κ3) is 2.81. The van der Waals surface area contributed by atoms with E-state index in [0.29, 0.717) is 28.9 Å². The minimum Gasteiger partial charge on any atom is -0.478 e. The highest BCUT2D eigenvalue weighted by molar-refractivity contribution is 5.92. The van der Waals surface area contributed by atoms with Gasteiger partial charge in [0, 0.05) is 11.5 Å². The van der Waals surface area contributed by atoms with Gasteiger partial charge in [0.25, 0.3) is 0 Å². The van der Waals surface area contributed by atoms with Crippen molar-refractivity contribution >= 4 is 16.9 Å². The zero-order valence-electron chi connectivity index (χ0n) is 14.6. The Morgan fingerprint density at radius 1 is 1.15 bits per heavy atom. The fourth-order valence-corrected chi connectivity index (χ4v) is 3.72. The molecule has 1 N–H and O–H groups in total. The summed E-state index contributed by atoms with van der Waals surface area (Å²) in [5, 5.41) is 9.54. The fraction of sp³-hybridized carbons (Fsp3) is 0.273. The summed E-state index contributed by atoms with van der Waals surface area (Å²) >= 11 is 0. The summed E-state index contributed by atoms with van der Waals surface area (Å²) in [5.74, 6) is 0.334. The van der Waals surface area contributed by atoms with Gasteiger partial charge in [-0.15, -0.1) is 0 Å². The zero-order valence-corrected chi connectivity index (χ0v) is 14.6. The maximum Gasteiger partial charge on any atom is 0.335 e. The van der Waals surface area contributed by atoms with Crippen LogP contribution in [0.2, 0.25) is 0 Å². The monoisotopic (exact) mass is 348 g/mol. The minimum absolute atomic E-state index is 0.0927. The molecule has 0 aliphatic heterocycles. The number of carboxylic acid groups (broad SMARTS) is 1. The molecule has 0 bridgehead atoms. The number of carboxylic acids is 1. The highest BCUT2D eigenvalue weighted by Crippen LogP contribution is 2.55. The Morgan fingerprint density at radius 3 is 2.62 bits per heavy atom. The molecule has 2 aromatic carbocycles. The summed E-state index contributed by atoms with van der Waals surface area (Å²) < 4.78 is 6.14. The third-order valence-electron chi connectivity index (χ3n) is 5.12. The van der Waals surface area contributed by atoms with Crippen molar-refractivity contribution in [2.45, 2.75) is 38.0 Å². The number of rotatable bonds is 5. The van der Waals surface area contributed by atoms with Crippen LogP contribution in [0.5, 0.6) is 0 Å². The van der Waals surface area contributed by atoms with Crippen LogP contribution < -0.4 is 5.43 Å². The molecule has 132 valence electrons. The smallest absolute Gasteiger partial charge is 0.335 e. The molecule has 0 amide bonds. The van der Waals surface area contributed by atoms with E-state index in [4.69, 9.17) is 4.42 Å².